The Kier molecular flexibility index (Phi) is 7.82. The summed E-state index contributed by atoms with van der Waals surface area (Å²) in [7, 11) is 3.31. The first-order chi connectivity index (χ1) is 17.7. The van der Waals surface area contributed by atoms with Gasteiger partial charge in [0.25, 0.3) is 0 Å². The maximum atomic E-state index is 5.56. The molecule has 0 aliphatic carbocycles. The van der Waals surface area contributed by atoms with E-state index in [4.69, 9.17) is 19.4 Å². The van der Waals surface area contributed by atoms with Crippen LogP contribution in [-0.4, -0.2) is 55.3 Å². The summed E-state index contributed by atoms with van der Waals surface area (Å²) in [5.41, 5.74) is 1.83. The van der Waals surface area contributed by atoms with Gasteiger partial charge in [-0.15, -0.1) is 0 Å². The first-order valence-corrected chi connectivity index (χ1v) is 13.1. The minimum atomic E-state index is 0.664. The highest BCUT2D eigenvalue weighted by atomic mass is 16.5. The SMILES string of the molecule is COc1cc2nc(-c3ccc4ccccc4c3)nc(NCCCCCN3CCCCC3)c2cc1OC. The zero-order chi connectivity index (χ0) is 24.7. The Balaban J connectivity index is 1.37. The molecule has 1 saturated heterocycles. The number of likely N-dealkylation sites (tertiary alicyclic amines) is 1. The summed E-state index contributed by atoms with van der Waals surface area (Å²) < 4.78 is 11.1. The van der Waals surface area contributed by atoms with E-state index in [1.165, 1.54) is 62.5 Å². The van der Waals surface area contributed by atoms with Crippen LogP contribution in [0.5, 0.6) is 11.5 Å². The Labute approximate surface area is 213 Å². The van der Waals surface area contributed by atoms with E-state index in [1.54, 1.807) is 14.2 Å². The molecule has 1 aliphatic rings. The number of fused-ring (bicyclic) bond motifs is 2. The average Bonchev–Trinajstić information content (AvgIpc) is 2.94. The van der Waals surface area contributed by atoms with E-state index in [-0.39, 0.29) is 0 Å². The minimum Gasteiger partial charge on any atom is -0.493 e. The van der Waals surface area contributed by atoms with E-state index in [1.807, 2.05) is 12.1 Å². The predicted molar refractivity (Wildman–Crippen MR) is 148 cm³/mol. The van der Waals surface area contributed by atoms with E-state index in [9.17, 15) is 0 Å². The number of hydrogen-bond acceptors (Lipinski definition) is 6. The van der Waals surface area contributed by atoms with Gasteiger partial charge < -0.3 is 19.7 Å². The lowest BCUT2D eigenvalue weighted by atomic mass is 10.1. The topological polar surface area (TPSA) is 59.5 Å². The van der Waals surface area contributed by atoms with Crippen molar-refractivity contribution in [1.82, 2.24) is 14.9 Å². The van der Waals surface area contributed by atoms with Crippen molar-refractivity contribution in [3.8, 4) is 22.9 Å². The van der Waals surface area contributed by atoms with Crippen LogP contribution in [0.25, 0.3) is 33.1 Å². The molecule has 0 atom stereocenters. The second-order valence-corrected chi connectivity index (χ2v) is 9.57. The third kappa shape index (κ3) is 5.54. The number of methoxy groups -OCH3 is 2. The lowest BCUT2D eigenvalue weighted by molar-refractivity contribution is 0.224. The molecule has 4 aromatic rings. The van der Waals surface area contributed by atoms with E-state index >= 15 is 0 Å². The standard InChI is InChI=1S/C30H36N4O2/c1-35-27-20-25-26(21-28(27)36-2)32-29(24-14-13-22-11-5-6-12-23(22)19-24)33-30(25)31-15-7-3-8-16-34-17-9-4-10-18-34/h5-6,11-14,19-21H,3-4,7-10,15-18H2,1-2H3,(H,31,32,33). The molecule has 0 saturated carbocycles. The lowest BCUT2D eigenvalue weighted by Crippen LogP contribution is -2.30. The molecule has 1 fully saturated rings. The van der Waals surface area contributed by atoms with Gasteiger partial charge in [0, 0.05) is 23.6 Å². The van der Waals surface area contributed by atoms with Gasteiger partial charge in [0.1, 0.15) is 5.82 Å². The molecule has 0 unspecified atom stereocenters. The Morgan fingerprint density at radius 1 is 0.806 bits per heavy atom. The van der Waals surface area contributed by atoms with Crippen LogP contribution in [0.3, 0.4) is 0 Å². The smallest absolute Gasteiger partial charge is 0.162 e. The summed E-state index contributed by atoms with van der Waals surface area (Å²) in [6.07, 6.45) is 7.68. The summed E-state index contributed by atoms with van der Waals surface area (Å²) in [6, 6.07) is 18.6. The zero-order valence-corrected chi connectivity index (χ0v) is 21.4. The van der Waals surface area contributed by atoms with Crippen LogP contribution in [0.1, 0.15) is 38.5 Å². The van der Waals surface area contributed by atoms with Crippen LogP contribution in [0.15, 0.2) is 54.6 Å². The first-order valence-electron chi connectivity index (χ1n) is 13.1. The monoisotopic (exact) mass is 484 g/mol. The summed E-state index contributed by atoms with van der Waals surface area (Å²) in [6.45, 7) is 4.64. The Hall–Kier alpha value is -3.38. The number of unbranched alkanes of at least 4 members (excludes halogenated alkanes) is 2. The van der Waals surface area contributed by atoms with Crippen LogP contribution in [0.2, 0.25) is 0 Å². The number of nitrogens with one attached hydrogen (secondary N) is 1. The second-order valence-electron chi connectivity index (χ2n) is 9.57. The number of anilines is 1. The van der Waals surface area contributed by atoms with Crippen LogP contribution < -0.4 is 14.8 Å². The fourth-order valence-electron chi connectivity index (χ4n) is 5.07. The van der Waals surface area contributed by atoms with Gasteiger partial charge in [-0.25, -0.2) is 9.97 Å². The molecule has 6 nitrogen and oxygen atoms in total. The van der Waals surface area contributed by atoms with E-state index in [0.717, 1.165) is 35.2 Å². The van der Waals surface area contributed by atoms with Crippen molar-refractivity contribution in [3.63, 3.8) is 0 Å². The quantitative estimate of drug-likeness (QED) is 0.258. The highest BCUT2D eigenvalue weighted by molar-refractivity contribution is 5.94. The molecule has 2 heterocycles. The molecule has 6 heteroatoms. The lowest BCUT2D eigenvalue weighted by Gasteiger charge is -2.26. The fraction of sp³-hybridized carbons (Fsp3) is 0.400. The largest absolute Gasteiger partial charge is 0.493 e. The Bertz CT molecular complexity index is 1320. The molecule has 1 aromatic heterocycles. The maximum Gasteiger partial charge on any atom is 0.162 e. The van der Waals surface area contributed by atoms with Gasteiger partial charge in [-0.1, -0.05) is 49.2 Å². The van der Waals surface area contributed by atoms with E-state index in [0.29, 0.717) is 17.3 Å². The summed E-state index contributed by atoms with van der Waals surface area (Å²) >= 11 is 0. The molecule has 3 aromatic carbocycles. The molecular formula is C30H36N4O2. The highest BCUT2D eigenvalue weighted by Crippen LogP contribution is 2.35. The number of hydrogen-bond donors (Lipinski definition) is 1. The summed E-state index contributed by atoms with van der Waals surface area (Å²) in [5, 5.41) is 6.92. The van der Waals surface area contributed by atoms with Crippen LogP contribution >= 0.6 is 0 Å². The molecule has 1 N–H and O–H groups in total. The van der Waals surface area contributed by atoms with Crippen molar-refractivity contribution in [2.24, 2.45) is 0 Å². The minimum absolute atomic E-state index is 0.664. The van der Waals surface area contributed by atoms with Gasteiger partial charge >= 0.3 is 0 Å². The van der Waals surface area contributed by atoms with Crippen molar-refractivity contribution in [2.75, 3.05) is 45.7 Å². The van der Waals surface area contributed by atoms with Crippen molar-refractivity contribution < 1.29 is 9.47 Å². The van der Waals surface area contributed by atoms with Crippen molar-refractivity contribution >= 4 is 27.5 Å². The number of rotatable bonds is 10. The Morgan fingerprint density at radius 2 is 1.58 bits per heavy atom. The molecule has 188 valence electrons. The number of benzene rings is 3. The first kappa shape index (κ1) is 24.3. The number of ether oxygens (including phenoxy) is 2. The van der Waals surface area contributed by atoms with Gasteiger partial charge in [0.05, 0.1) is 19.7 Å². The number of nitrogens with zero attached hydrogens (tertiary/aromatic N) is 3. The Morgan fingerprint density at radius 3 is 2.39 bits per heavy atom. The highest BCUT2D eigenvalue weighted by Gasteiger charge is 2.15. The third-order valence-corrected chi connectivity index (χ3v) is 7.10. The molecule has 0 bridgehead atoms. The molecule has 0 spiro atoms. The number of piperidine rings is 1. The molecule has 5 rings (SSSR count). The van der Waals surface area contributed by atoms with E-state index in [2.05, 4.69) is 52.7 Å². The normalized spacial score (nSPS) is 14.3. The van der Waals surface area contributed by atoms with Gasteiger partial charge in [-0.05, 0) is 68.2 Å². The summed E-state index contributed by atoms with van der Waals surface area (Å²) in [5.74, 6) is 2.88. The fourth-order valence-corrected chi connectivity index (χ4v) is 5.07. The number of aromatic nitrogens is 2. The maximum absolute atomic E-state index is 5.56. The second kappa shape index (κ2) is 11.6. The van der Waals surface area contributed by atoms with Crippen molar-refractivity contribution in [1.29, 1.82) is 0 Å². The third-order valence-electron chi connectivity index (χ3n) is 7.10. The molecule has 1 aliphatic heterocycles. The molecule has 0 radical (unpaired) electrons. The van der Waals surface area contributed by atoms with E-state index < -0.39 is 0 Å². The van der Waals surface area contributed by atoms with Crippen molar-refractivity contribution in [3.05, 3.63) is 54.6 Å². The average molecular weight is 485 g/mol. The predicted octanol–water partition coefficient (Wildman–Crippen LogP) is 6.54. The molecule has 0 amide bonds. The van der Waals surface area contributed by atoms with Gasteiger partial charge in [0.15, 0.2) is 17.3 Å². The van der Waals surface area contributed by atoms with Gasteiger partial charge in [-0.3, -0.25) is 0 Å². The van der Waals surface area contributed by atoms with Crippen LogP contribution in [0, 0.1) is 0 Å². The summed E-state index contributed by atoms with van der Waals surface area (Å²) in [4.78, 5) is 12.5. The van der Waals surface area contributed by atoms with Crippen LogP contribution in [0.4, 0.5) is 5.82 Å². The van der Waals surface area contributed by atoms with Gasteiger partial charge in [0.2, 0.25) is 0 Å². The molecular weight excluding hydrogens is 448 g/mol. The molecule has 36 heavy (non-hydrogen) atoms. The van der Waals surface area contributed by atoms with Crippen LogP contribution in [-0.2, 0) is 0 Å². The zero-order valence-electron chi connectivity index (χ0n) is 21.4. The van der Waals surface area contributed by atoms with Gasteiger partial charge in [-0.2, -0.15) is 0 Å². The van der Waals surface area contributed by atoms with Crippen molar-refractivity contribution in [2.45, 2.75) is 38.5 Å².